The summed E-state index contributed by atoms with van der Waals surface area (Å²) < 4.78 is 0. The van der Waals surface area contributed by atoms with Gasteiger partial charge in [0.1, 0.15) is 16.4 Å². The summed E-state index contributed by atoms with van der Waals surface area (Å²) in [6.07, 6.45) is 4.74. The van der Waals surface area contributed by atoms with Crippen LogP contribution in [0.15, 0.2) is 30.6 Å². The van der Waals surface area contributed by atoms with E-state index in [2.05, 4.69) is 15.3 Å². The highest BCUT2D eigenvalue weighted by Crippen LogP contribution is 2.27. The van der Waals surface area contributed by atoms with Gasteiger partial charge in [-0.25, -0.2) is 4.98 Å². The molecule has 0 saturated heterocycles. The van der Waals surface area contributed by atoms with Gasteiger partial charge in [0.05, 0.1) is 4.92 Å². The third kappa shape index (κ3) is 3.79. The van der Waals surface area contributed by atoms with E-state index in [0.717, 1.165) is 5.82 Å². The number of H-pyrrole nitrogens is 1. The van der Waals surface area contributed by atoms with Crippen molar-refractivity contribution in [3.05, 3.63) is 57.1 Å². The molecule has 2 N–H and O–H groups in total. The second-order valence-corrected chi connectivity index (χ2v) is 4.70. The molecule has 0 spiro atoms. The Morgan fingerprint density at radius 3 is 2.95 bits per heavy atom. The maximum atomic E-state index is 12.0. The fourth-order valence-electron chi connectivity index (χ4n) is 1.87. The number of imidazole rings is 1. The fourth-order valence-corrected chi connectivity index (χ4v) is 2.12. The van der Waals surface area contributed by atoms with Gasteiger partial charge < -0.3 is 10.3 Å². The first kappa shape index (κ1) is 15.0. The van der Waals surface area contributed by atoms with Crippen LogP contribution in [0.5, 0.6) is 0 Å². The van der Waals surface area contributed by atoms with Gasteiger partial charge in [-0.3, -0.25) is 14.9 Å². The molecule has 0 fully saturated rings. The summed E-state index contributed by atoms with van der Waals surface area (Å²) in [4.78, 5) is 29.3. The Labute approximate surface area is 125 Å². The Kier molecular flexibility index (Phi) is 4.89. The summed E-state index contributed by atoms with van der Waals surface area (Å²) >= 11 is 5.76. The van der Waals surface area contributed by atoms with Crippen molar-refractivity contribution < 1.29 is 9.72 Å². The van der Waals surface area contributed by atoms with E-state index >= 15 is 0 Å². The van der Waals surface area contributed by atoms with Gasteiger partial charge in [-0.05, 0) is 18.6 Å². The van der Waals surface area contributed by atoms with Gasteiger partial charge in [-0.15, -0.1) is 0 Å². The molecule has 0 saturated carbocycles. The molecule has 1 aromatic heterocycles. The molecule has 0 unspecified atom stereocenters. The Hall–Kier alpha value is -2.41. The predicted octanol–water partition coefficient (Wildman–Crippen LogP) is 2.33. The van der Waals surface area contributed by atoms with E-state index in [1.165, 1.54) is 18.2 Å². The number of nitrogens with zero attached hydrogens (tertiary/aromatic N) is 2. The van der Waals surface area contributed by atoms with Crippen LogP contribution >= 0.6 is 11.6 Å². The molecule has 1 heterocycles. The first-order valence-corrected chi connectivity index (χ1v) is 6.66. The van der Waals surface area contributed by atoms with Crippen LogP contribution in [-0.2, 0) is 6.42 Å². The molecule has 1 amide bonds. The molecule has 0 bridgehead atoms. The molecule has 0 aliphatic heterocycles. The number of benzene rings is 1. The molecular weight excluding hydrogens is 296 g/mol. The third-order valence-electron chi connectivity index (χ3n) is 2.84. The van der Waals surface area contributed by atoms with Crippen molar-refractivity contribution >= 4 is 23.2 Å². The summed E-state index contributed by atoms with van der Waals surface area (Å²) in [5.41, 5.74) is -0.409. The average Bonchev–Trinajstić information content (AvgIpc) is 2.95. The topological polar surface area (TPSA) is 101 Å². The summed E-state index contributed by atoms with van der Waals surface area (Å²) in [7, 11) is 0. The van der Waals surface area contributed by atoms with Gasteiger partial charge in [-0.1, -0.05) is 17.7 Å². The number of aromatic amines is 1. The minimum absolute atomic E-state index is 0.0366. The normalized spacial score (nSPS) is 10.3. The van der Waals surface area contributed by atoms with Crippen LogP contribution in [0.1, 0.15) is 22.6 Å². The molecule has 0 atom stereocenters. The van der Waals surface area contributed by atoms with E-state index in [-0.39, 0.29) is 16.3 Å². The zero-order valence-electron chi connectivity index (χ0n) is 11.0. The van der Waals surface area contributed by atoms with Gasteiger partial charge >= 0.3 is 5.69 Å². The zero-order valence-corrected chi connectivity index (χ0v) is 11.8. The smallest absolute Gasteiger partial charge is 0.300 e. The van der Waals surface area contributed by atoms with Crippen molar-refractivity contribution in [1.82, 2.24) is 15.3 Å². The van der Waals surface area contributed by atoms with E-state index in [4.69, 9.17) is 11.6 Å². The Morgan fingerprint density at radius 2 is 2.29 bits per heavy atom. The first-order valence-electron chi connectivity index (χ1n) is 6.29. The van der Waals surface area contributed by atoms with Crippen molar-refractivity contribution in [2.75, 3.05) is 6.54 Å². The monoisotopic (exact) mass is 308 g/mol. The molecule has 7 nitrogen and oxygen atoms in total. The van der Waals surface area contributed by atoms with E-state index < -0.39 is 10.8 Å². The van der Waals surface area contributed by atoms with Crippen molar-refractivity contribution in [2.24, 2.45) is 0 Å². The number of carbonyl (C=O) groups is 1. The van der Waals surface area contributed by atoms with Crippen LogP contribution in [0.2, 0.25) is 5.02 Å². The van der Waals surface area contributed by atoms with Gasteiger partial charge in [0.2, 0.25) is 0 Å². The van der Waals surface area contributed by atoms with Crippen LogP contribution in [-0.4, -0.2) is 27.3 Å². The SMILES string of the molecule is O=C(NCCCc1ncc[nH]1)c1cccc(Cl)c1[N+](=O)[O-]. The fraction of sp³-hybridized carbons (Fsp3) is 0.231. The van der Waals surface area contributed by atoms with Gasteiger partial charge in [0.15, 0.2) is 0 Å². The quantitative estimate of drug-likeness (QED) is 0.486. The van der Waals surface area contributed by atoms with Crippen LogP contribution in [0.25, 0.3) is 0 Å². The highest BCUT2D eigenvalue weighted by molar-refractivity contribution is 6.33. The maximum Gasteiger partial charge on any atom is 0.300 e. The molecule has 110 valence electrons. The number of hydrogen-bond donors (Lipinski definition) is 2. The second-order valence-electron chi connectivity index (χ2n) is 4.29. The summed E-state index contributed by atoms with van der Waals surface area (Å²) in [6.45, 7) is 0.392. The van der Waals surface area contributed by atoms with Gasteiger partial charge in [0, 0.05) is 25.4 Å². The lowest BCUT2D eigenvalue weighted by Crippen LogP contribution is -2.25. The number of para-hydroxylation sites is 1. The first-order chi connectivity index (χ1) is 10.1. The average molecular weight is 309 g/mol. The number of halogens is 1. The number of nitro groups is 1. The second kappa shape index (κ2) is 6.85. The molecule has 0 radical (unpaired) electrons. The number of nitrogens with one attached hydrogen (secondary N) is 2. The standard InChI is InChI=1S/C13H13ClN4O3/c14-10-4-1-3-9(12(10)18(20)21)13(19)17-6-2-5-11-15-7-8-16-11/h1,3-4,7-8H,2,5-6H2,(H,15,16)(H,17,19). The molecule has 2 aromatic rings. The Morgan fingerprint density at radius 1 is 1.48 bits per heavy atom. The number of hydrogen-bond acceptors (Lipinski definition) is 4. The summed E-state index contributed by atoms with van der Waals surface area (Å²) in [5.74, 6) is 0.321. The van der Waals surface area contributed by atoms with Gasteiger partial charge in [-0.2, -0.15) is 0 Å². The lowest BCUT2D eigenvalue weighted by Gasteiger charge is -2.06. The predicted molar refractivity (Wildman–Crippen MR) is 77.3 cm³/mol. The number of aromatic nitrogens is 2. The zero-order chi connectivity index (χ0) is 15.2. The lowest BCUT2D eigenvalue weighted by atomic mass is 10.1. The molecule has 0 aliphatic carbocycles. The Balaban J connectivity index is 1.94. The number of rotatable bonds is 6. The third-order valence-corrected chi connectivity index (χ3v) is 3.15. The van der Waals surface area contributed by atoms with Crippen LogP contribution in [0.4, 0.5) is 5.69 Å². The highest BCUT2D eigenvalue weighted by Gasteiger charge is 2.23. The molecule has 21 heavy (non-hydrogen) atoms. The molecule has 0 aliphatic rings. The number of nitro benzene ring substituents is 1. The van der Waals surface area contributed by atoms with Crippen LogP contribution in [0, 0.1) is 10.1 Å². The van der Waals surface area contributed by atoms with Crippen molar-refractivity contribution in [2.45, 2.75) is 12.8 Å². The van der Waals surface area contributed by atoms with Crippen LogP contribution in [0.3, 0.4) is 0 Å². The van der Waals surface area contributed by atoms with E-state index in [9.17, 15) is 14.9 Å². The van der Waals surface area contributed by atoms with E-state index in [0.29, 0.717) is 19.4 Å². The summed E-state index contributed by atoms with van der Waals surface area (Å²) in [5, 5.41) is 13.5. The minimum Gasteiger partial charge on any atom is -0.352 e. The largest absolute Gasteiger partial charge is 0.352 e. The number of aryl methyl sites for hydroxylation is 1. The van der Waals surface area contributed by atoms with Gasteiger partial charge in [0.25, 0.3) is 5.91 Å². The number of carbonyl (C=O) groups excluding carboxylic acids is 1. The molecule has 8 heteroatoms. The minimum atomic E-state index is -0.653. The maximum absolute atomic E-state index is 12.0. The lowest BCUT2D eigenvalue weighted by molar-refractivity contribution is -0.385. The van der Waals surface area contributed by atoms with Crippen LogP contribution < -0.4 is 5.32 Å². The molecular formula is C13H13ClN4O3. The van der Waals surface area contributed by atoms with Crippen molar-refractivity contribution in [3.63, 3.8) is 0 Å². The van der Waals surface area contributed by atoms with Crippen molar-refractivity contribution in [1.29, 1.82) is 0 Å². The Bertz CT molecular complexity index is 643. The van der Waals surface area contributed by atoms with E-state index in [1.54, 1.807) is 12.4 Å². The highest BCUT2D eigenvalue weighted by atomic mass is 35.5. The van der Waals surface area contributed by atoms with E-state index in [1.807, 2.05) is 0 Å². The van der Waals surface area contributed by atoms with Crippen molar-refractivity contribution in [3.8, 4) is 0 Å². The molecule has 1 aromatic carbocycles. The summed E-state index contributed by atoms with van der Waals surface area (Å²) in [6, 6.07) is 4.27. The molecule has 2 rings (SSSR count). The number of amides is 1.